The standard InChI is InChI=1S/C14H14ClNO2/c1-3-9-16(4-2)13-7-6-12(15)10-11(13)5-8-14(17)18/h1,5-8,10H,4,9H2,2H3,(H,17,18)/b8-5+. The highest BCUT2D eigenvalue weighted by molar-refractivity contribution is 6.30. The van der Waals surface area contributed by atoms with Crippen LogP contribution in [0.1, 0.15) is 12.5 Å². The maximum absolute atomic E-state index is 10.6. The molecule has 0 aromatic heterocycles. The highest BCUT2D eigenvalue weighted by Gasteiger charge is 2.08. The highest BCUT2D eigenvalue weighted by Crippen LogP contribution is 2.25. The Hall–Kier alpha value is -1.92. The van der Waals surface area contributed by atoms with Crippen LogP contribution in [0.3, 0.4) is 0 Å². The van der Waals surface area contributed by atoms with Gasteiger partial charge in [0, 0.05) is 23.3 Å². The number of carbonyl (C=O) groups is 1. The summed E-state index contributed by atoms with van der Waals surface area (Å²) in [6, 6.07) is 5.31. The van der Waals surface area contributed by atoms with Crippen molar-refractivity contribution in [2.75, 3.05) is 18.0 Å². The van der Waals surface area contributed by atoms with Crippen molar-refractivity contribution in [3.05, 3.63) is 34.9 Å². The molecule has 0 radical (unpaired) electrons. The number of carboxylic acid groups (broad SMARTS) is 1. The first kappa shape index (κ1) is 14.1. The monoisotopic (exact) mass is 263 g/mol. The summed E-state index contributed by atoms with van der Waals surface area (Å²) < 4.78 is 0. The van der Waals surface area contributed by atoms with E-state index >= 15 is 0 Å². The molecule has 0 saturated heterocycles. The molecule has 3 nitrogen and oxygen atoms in total. The number of aliphatic carboxylic acids is 1. The molecule has 0 aliphatic carbocycles. The van der Waals surface area contributed by atoms with Crippen LogP contribution in [0.4, 0.5) is 5.69 Å². The smallest absolute Gasteiger partial charge is 0.328 e. The lowest BCUT2D eigenvalue weighted by molar-refractivity contribution is -0.131. The quantitative estimate of drug-likeness (QED) is 0.656. The fourth-order valence-corrected chi connectivity index (χ4v) is 1.77. The minimum Gasteiger partial charge on any atom is -0.478 e. The van der Waals surface area contributed by atoms with Crippen LogP contribution in [0.25, 0.3) is 6.08 Å². The number of anilines is 1. The van der Waals surface area contributed by atoms with Crippen molar-refractivity contribution in [1.82, 2.24) is 0 Å². The second-order valence-electron chi connectivity index (χ2n) is 3.59. The summed E-state index contributed by atoms with van der Waals surface area (Å²) in [7, 11) is 0. The molecule has 0 saturated carbocycles. The largest absolute Gasteiger partial charge is 0.478 e. The average Bonchev–Trinajstić information content (AvgIpc) is 2.34. The minimum atomic E-state index is -0.999. The van der Waals surface area contributed by atoms with Gasteiger partial charge in [0.05, 0.1) is 6.54 Å². The van der Waals surface area contributed by atoms with E-state index in [0.717, 1.165) is 23.9 Å². The summed E-state index contributed by atoms with van der Waals surface area (Å²) in [6.45, 7) is 3.18. The SMILES string of the molecule is C#CCN(CC)c1ccc(Cl)cc1/C=C/C(=O)O. The van der Waals surface area contributed by atoms with Crippen molar-refractivity contribution in [3.8, 4) is 12.3 Å². The molecule has 18 heavy (non-hydrogen) atoms. The molecule has 4 heteroatoms. The van der Waals surface area contributed by atoms with Crippen molar-refractivity contribution >= 4 is 29.3 Å². The molecule has 0 aliphatic rings. The summed E-state index contributed by atoms with van der Waals surface area (Å²) in [5.74, 6) is 1.58. The van der Waals surface area contributed by atoms with Gasteiger partial charge < -0.3 is 10.0 Å². The third kappa shape index (κ3) is 3.83. The summed E-state index contributed by atoms with van der Waals surface area (Å²) in [5.41, 5.74) is 1.61. The maximum Gasteiger partial charge on any atom is 0.328 e. The van der Waals surface area contributed by atoms with Gasteiger partial charge in [-0.05, 0) is 36.8 Å². The summed E-state index contributed by atoms with van der Waals surface area (Å²) in [5, 5.41) is 9.22. The molecule has 0 fully saturated rings. The number of nitrogens with zero attached hydrogens (tertiary/aromatic N) is 1. The molecule has 1 aromatic carbocycles. The van der Waals surface area contributed by atoms with E-state index < -0.39 is 5.97 Å². The van der Waals surface area contributed by atoms with Gasteiger partial charge in [0.1, 0.15) is 0 Å². The van der Waals surface area contributed by atoms with E-state index in [1.165, 1.54) is 6.08 Å². The fourth-order valence-electron chi connectivity index (χ4n) is 1.59. The zero-order chi connectivity index (χ0) is 13.5. The molecule has 94 valence electrons. The Morgan fingerprint density at radius 2 is 2.33 bits per heavy atom. The van der Waals surface area contributed by atoms with Gasteiger partial charge in [0.15, 0.2) is 0 Å². The Morgan fingerprint density at radius 3 is 2.89 bits per heavy atom. The fraction of sp³-hybridized carbons (Fsp3) is 0.214. The lowest BCUT2D eigenvalue weighted by Gasteiger charge is -2.22. The second kappa shape index (κ2) is 6.73. The Labute approximate surface area is 112 Å². The number of hydrogen-bond donors (Lipinski definition) is 1. The summed E-state index contributed by atoms with van der Waals surface area (Å²) in [6.07, 6.45) is 7.91. The molecular formula is C14H14ClNO2. The number of rotatable bonds is 5. The van der Waals surface area contributed by atoms with Crippen molar-refractivity contribution in [2.45, 2.75) is 6.92 Å². The minimum absolute atomic E-state index is 0.464. The molecule has 0 aliphatic heterocycles. The number of benzene rings is 1. The zero-order valence-electron chi connectivity index (χ0n) is 10.1. The van der Waals surface area contributed by atoms with Crippen LogP contribution in [0.2, 0.25) is 5.02 Å². The van der Waals surface area contributed by atoms with E-state index in [2.05, 4.69) is 5.92 Å². The topological polar surface area (TPSA) is 40.5 Å². The first-order valence-corrected chi connectivity index (χ1v) is 5.85. The van der Waals surface area contributed by atoms with Crippen molar-refractivity contribution in [2.24, 2.45) is 0 Å². The molecule has 1 rings (SSSR count). The number of halogens is 1. The van der Waals surface area contributed by atoms with E-state index in [0.29, 0.717) is 11.6 Å². The molecule has 0 bridgehead atoms. The van der Waals surface area contributed by atoms with E-state index in [1.54, 1.807) is 12.1 Å². The van der Waals surface area contributed by atoms with Crippen molar-refractivity contribution in [1.29, 1.82) is 0 Å². The van der Waals surface area contributed by atoms with Gasteiger partial charge in [0.25, 0.3) is 0 Å². The van der Waals surface area contributed by atoms with E-state index in [9.17, 15) is 4.79 Å². The number of carboxylic acids is 1. The van der Waals surface area contributed by atoms with Gasteiger partial charge in [-0.3, -0.25) is 0 Å². The predicted octanol–water partition coefficient (Wildman–Crippen LogP) is 2.90. The van der Waals surface area contributed by atoms with Crippen molar-refractivity contribution in [3.63, 3.8) is 0 Å². The lowest BCUT2D eigenvalue weighted by Crippen LogP contribution is -2.23. The van der Waals surface area contributed by atoms with E-state index in [1.807, 2.05) is 17.9 Å². The molecule has 0 amide bonds. The molecule has 0 unspecified atom stereocenters. The van der Waals surface area contributed by atoms with Gasteiger partial charge >= 0.3 is 5.97 Å². The summed E-state index contributed by atoms with van der Waals surface area (Å²) >= 11 is 5.92. The van der Waals surface area contributed by atoms with Gasteiger partial charge in [-0.1, -0.05) is 17.5 Å². The van der Waals surface area contributed by atoms with Gasteiger partial charge in [-0.2, -0.15) is 0 Å². The maximum atomic E-state index is 10.6. The normalized spacial score (nSPS) is 10.3. The molecule has 1 N–H and O–H groups in total. The molecule has 0 heterocycles. The Kier molecular flexibility index (Phi) is 5.29. The molecule has 0 atom stereocenters. The average molecular weight is 264 g/mol. The summed E-state index contributed by atoms with van der Waals surface area (Å²) in [4.78, 5) is 12.5. The van der Waals surface area contributed by atoms with Crippen LogP contribution in [-0.4, -0.2) is 24.2 Å². The van der Waals surface area contributed by atoms with Gasteiger partial charge in [-0.15, -0.1) is 6.42 Å². The third-order valence-corrected chi connectivity index (χ3v) is 2.63. The van der Waals surface area contributed by atoms with Crippen LogP contribution >= 0.6 is 11.6 Å². The van der Waals surface area contributed by atoms with E-state index in [4.69, 9.17) is 23.1 Å². The first-order chi connectivity index (χ1) is 8.58. The second-order valence-corrected chi connectivity index (χ2v) is 4.03. The van der Waals surface area contributed by atoms with Crippen LogP contribution in [0.5, 0.6) is 0 Å². The Morgan fingerprint density at radius 1 is 1.61 bits per heavy atom. The highest BCUT2D eigenvalue weighted by atomic mass is 35.5. The molecule has 0 spiro atoms. The van der Waals surface area contributed by atoms with Gasteiger partial charge in [0.2, 0.25) is 0 Å². The predicted molar refractivity (Wildman–Crippen MR) is 74.8 cm³/mol. The zero-order valence-corrected chi connectivity index (χ0v) is 10.8. The van der Waals surface area contributed by atoms with Crippen LogP contribution < -0.4 is 4.90 Å². The molecular weight excluding hydrogens is 250 g/mol. The first-order valence-electron chi connectivity index (χ1n) is 5.47. The lowest BCUT2D eigenvalue weighted by atomic mass is 10.1. The number of terminal acetylenes is 1. The van der Waals surface area contributed by atoms with Gasteiger partial charge in [-0.25, -0.2) is 4.79 Å². The third-order valence-electron chi connectivity index (χ3n) is 2.40. The Balaban J connectivity index is 3.17. The molecule has 1 aromatic rings. The van der Waals surface area contributed by atoms with Crippen LogP contribution in [0, 0.1) is 12.3 Å². The Bertz CT molecular complexity index is 503. The van der Waals surface area contributed by atoms with E-state index in [-0.39, 0.29) is 0 Å². The van der Waals surface area contributed by atoms with Crippen LogP contribution in [0.15, 0.2) is 24.3 Å². The van der Waals surface area contributed by atoms with Crippen molar-refractivity contribution < 1.29 is 9.90 Å². The number of hydrogen-bond acceptors (Lipinski definition) is 2. The van der Waals surface area contributed by atoms with Crippen LogP contribution in [-0.2, 0) is 4.79 Å².